The molecule has 1 fully saturated rings. The number of carbonyl (C=O) groups excluding carboxylic acids is 1. The largest absolute Gasteiger partial charge is 0.360 e. The van der Waals surface area contributed by atoms with E-state index in [0.29, 0.717) is 6.54 Å². The van der Waals surface area contributed by atoms with E-state index < -0.39 is 0 Å². The fourth-order valence-electron chi connectivity index (χ4n) is 2.98. The molecule has 0 spiro atoms. The third-order valence-electron chi connectivity index (χ3n) is 4.09. The van der Waals surface area contributed by atoms with Crippen LogP contribution in [0.15, 0.2) is 40.9 Å². The zero-order valence-corrected chi connectivity index (χ0v) is 13.0. The van der Waals surface area contributed by atoms with E-state index in [-0.39, 0.29) is 11.9 Å². The quantitative estimate of drug-likeness (QED) is 0.871. The minimum Gasteiger partial charge on any atom is -0.360 e. The minimum absolute atomic E-state index is 0.112. The number of benzene rings is 1. The number of hydrogen-bond acceptors (Lipinski definition) is 4. The molecule has 0 N–H and O–H groups in total. The Kier molecular flexibility index (Phi) is 4.24. The zero-order chi connectivity index (χ0) is 15.5. The third kappa shape index (κ3) is 3.04. The highest BCUT2D eigenvalue weighted by Gasteiger charge is 2.32. The summed E-state index contributed by atoms with van der Waals surface area (Å²) in [7, 11) is 1.97. The van der Waals surface area contributed by atoms with E-state index in [9.17, 15) is 4.79 Å². The number of likely N-dealkylation sites (N-methyl/N-ethyl adjacent to an activating group) is 1. The van der Waals surface area contributed by atoms with Crippen molar-refractivity contribution in [1.29, 1.82) is 0 Å². The average Bonchev–Trinajstić information content (AvgIpc) is 2.93. The van der Waals surface area contributed by atoms with Gasteiger partial charge in [-0.15, -0.1) is 0 Å². The lowest BCUT2D eigenvalue weighted by Crippen LogP contribution is -2.51. The van der Waals surface area contributed by atoms with Crippen molar-refractivity contribution in [3.63, 3.8) is 0 Å². The van der Waals surface area contributed by atoms with Crippen molar-refractivity contribution >= 4 is 11.6 Å². The highest BCUT2D eigenvalue weighted by molar-refractivity contribution is 5.97. The summed E-state index contributed by atoms with van der Waals surface area (Å²) in [4.78, 5) is 16.7. The summed E-state index contributed by atoms with van der Waals surface area (Å²) >= 11 is 0. The first-order valence-electron chi connectivity index (χ1n) is 7.64. The van der Waals surface area contributed by atoms with Crippen molar-refractivity contribution in [2.45, 2.75) is 32.4 Å². The van der Waals surface area contributed by atoms with Crippen LogP contribution in [0.1, 0.15) is 24.3 Å². The lowest BCUT2D eigenvalue weighted by atomic mass is 10.0. The van der Waals surface area contributed by atoms with E-state index in [1.54, 1.807) is 0 Å². The molecule has 1 saturated heterocycles. The molecule has 0 radical (unpaired) electrons. The molecule has 5 nitrogen and oxygen atoms in total. The highest BCUT2D eigenvalue weighted by atomic mass is 16.5. The van der Waals surface area contributed by atoms with Gasteiger partial charge >= 0.3 is 0 Å². The molecule has 0 bridgehead atoms. The molecule has 1 amide bonds. The van der Waals surface area contributed by atoms with Gasteiger partial charge in [0.15, 0.2) is 5.76 Å². The Bertz CT molecular complexity index is 638. The molecule has 116 valence electrons. The van der Waals surface area contributed by atoms with Gasteiger partial charge in [0.2, 0.25) is 5.91 Å². The van der Waals surface area contributed by atoms with Crippen molar-refractivity contribution in [2.75, 3.05) is 18.5 Å². The zero-order valence-electron chi connectivity index (χ0n) is 13.0. The average molecular weight is 299 g/mol. The second-order valence-corrected chi connectivity index (χ2v) is 5.83. The Morgan fingerprint density at radius 2 is 2.14 bits per heavy atom. The summed E-state index contributed by atoms with van der Waals surface area (Å²) in [5, 5.41) is 3.90. The summed E-state index contributed by atoms with van der Waals surface area (Å²) in [5.74, 6) is 0.959. The number of aryl methyl sites for hydroxylation is 1. The molecule has 5 heteroatoms. The summed E-state index contributed by atoms with van der Waals surface area (Å²) in [6.45, 7) is 3.28. The van der Waals surface area contributed by atoms with Gasteiger partial charge in [-0.05, 0) is 38.9 Å². The van der Waals surface area contributed by atoms with Crippen molar-refractivity contribution in [3.8, 4) is 0 Å². The minimum atomic E-state index is -0.112. The van der Waals surface area contributed by atoms with E-state index in [4.69, 9.17) is 4.52 Å². The van der Waals surface area contributed by atoms with Crippen LogP contribution in [-0.2, 0) is 11.3 Å². The first-order valence-corrected chi connectivity index (χ1v) is 7.64. The molecule has 1 aliphatic rings. The Labute approximate surface area is 130 Å². The van der Waals surface area contributed by atoms with Crippen LogP contribution >= 0.6 is 0 Å². The van der Waals surface area contributed by atoms with Gasteiger partial charge < -0.3 is 9.42 Å². The molecule has 0 aliphatic carbocycles. The third-order valence-corrected chi connectivity index (χ3v) is 4.09. The molecule has 1 aromatic carbocycles. The van der Waals surface area contributed by atoms with E-state index in [1.165, 1.54) is 0 Å². The van der Waals surface area contributed by atoms with Gasteiger partial charge in [-0.2, -0.15) is 0 Å². The maximum atomic E-state index is 12.8. The van der Waals surface area contributed by atoms with Crippen molar-refractivity contribution in [3.05, 3.63) is 47.9 Å². The Hall–Kier alpha value is -2.14. The van der Waals surface area contributed by atoms with Gasteiger partial charge in [0.25, 0.3) is 0 Å². The van der Waals surface area contributed by atoms with Gasteiger partial charge in [-0.1, -0.05) is 23.4 Å². The predicted molar refractivity (Wildman–Crippen MR) is 84.5 cm³/mol. The summed E-state index contributed by atoms with van der Waals surface area (Å²) in [6.07, 6.45) is 1.89. The number of rotatable bonds is 4. The maximum Gasteiger partial charge on any atom is 0.244 e. The van der Waals surface area contributed by atoms with Crippen LogP contribution in [0, 0.1) is 6.92 Å². The molecule has 0 saturated carbocycles. The molecule has 1 unspecified atom stereocenters. The molecular formula is C17H21N3O2. The monoisotopic (exact) mass is 299 g/mol. The number of carbonyl (C=O) groups is 1. The number of amides is 1. The molecule has 1 atom stereocenters. The van der Waals surface area contributed by atoms with Crippen LogP contribution in [0.25, 0.3) is 0 Å². The van der Waals surface area contributed by atoms with E-state index >= 15 is 0 Å². The van der Waals surface area contributed by atoms with E-state index in [1.807, 2.05) is 55.3 Å². The lowest BCUT2D eigenvalue weighted by Gasteiger charge is -2.36. The Morgan fingerprint density at radius 1 is 1.36 bits per heavy atom. The van der Waals surface area contributed by atoms with E-state index in [2.05, 4.69) is 10.1 Å². The van der Waals surface area contributed by atoms with Crippen LogP contribution in [0.2, 0.25) is 0 Å². The van der Waals surface area contributed by atoms with Gasteiger partial charge in [0.05, 0.1) is 18.3 Å². The Morgan fingerprint density at radius 3 is 2.82 bits per heavy atom. The highest BCUT2D eigenvalue weighted by Crippen LogP contribution is 2.24. The van der Waals surface area contributed by atoms with Gasteiger partial charge in [-0.3, -0.25) is 9.69 Å². The summed E-state index contributed by atoms with van der Waals surface area (Å²) in [5.41, 5.74) is 1.84. The van der Waals surface area contributed by atoms with Gasteiger partial charge in [0, 0.05) is 18.3 Å². The fourth-order valence-corrected chi connectivity index (χ4v) is 2.98. The summed E-state index contributed by atoms with van der Waals surface area (Å²) < 4.78 is 5.26. The van der Waals surface area contributed by atoms with Crippen LogP contribution in [0.4, 0.5) is 5.69 Å². The first-order chi connectivity index (χ1) is 10.6. The van der Waals surface area contributed by atoms with Crippen LogP contribution in [-0.4, -0.2) is 35.6 Å². The number of piperidine rings is 1. The van der Waals surface area contributed by atoms with Crippen molar-refractivity contribution in [1.82, 2.24) is 10.1 Å². The molecule has 1 aliphatic heterocycles. The van der Waals surface area contributed by atoms with Crippen LogP contribution < -0.4 is 4.90 Å². The molecule has 2 aromatic rings. The van der Waals surface area contributed by atoms with Gasteiger partial charge in [-0.25, -0.2) is 0 Å². The fraction of sp³-hybridized carbons (Fsp3) is 0.412. The predicted octanol–water partition coefficient (Wildman–Crippen LogP) is 2.61. The molecule has 3 rings (SSSR count). The number of para-hydroxylation sites is 1. The normalized spacial score (nSPS) is 19.0. The summed E-state index contributed by atoms with van der Waals surface area (Å²) in [6, 6.07) is 11.7. The molecular weight excluding hydrogens is 278 g/mol. The number of aromatic nitrogens is 1. The van der Waals surface area contributed by atoms with Crippen LogP contribution in [0.5, 0.6) is 0 Å². The van der Waals surface area contributed by atoms with Crippen molar-refractivity contribution < 1.29 is 9.32 Å². The SMILES string of the molecule is Cc1cc(CN(C)C2CCCN(c3ccccc3)C2=O)on1. The number of anilines is 1. The molecule has 22 heavy (non-hydrogen) atoms. The molecule has 2 heterocycles. The second-order valence-electron chi connectivity index (χ2n) is 5.83. The van der Waals surface area contributed by atoms with Crippen LogP contribution in [0.3, 0.4) is 0 Å². The smallest absolute Gasteiger partial charge is 0.244 e. The topological polar surface area (TPSA) is 49.6 Å². The maximum absolute atomic E-state index is 12.8. The lowest BCUT2D eigenvalue weighted by molar-refractivity contribution is -0.125. The van der Waals surface area contributed by atoms with E-state index in [0.717, 1.165) is 36.5 Å². The molecule has 1 aromatic heterocycles. The number of hydrogen-bond donors (Lipinski definition) is 0. The standard InChI is InChI=1S/C17H21N3O2/c1-13-11-15(22-18-13)12-19(2)16-9-6-10-20(17(16)21)14-7-4-3-5-8-14/h3-5,7-8,11,16H,6,9-10,12H2,1-2H3. The number of nitrogens with zero attached hydrogens (tertiary/aromatic N) is 3. The second kappa shape index (κ2) is 6.32. The van der Waals surface area contributed by atoms with Crippen molar-refractivity contribution in [2.24, 2.45) is 0 Å². The van der Waals surface area contributed by atoms with Gasteiger partial charge in [0.1, 0.15) is 0 Å². The Balaban J connectivity index is 1.72. The first kappa shape index (κ1) is 14.8.